The Hall–Kier alpha value is -2.87. The molecular weight excluding hydrogens is 374 g/mol. The first-order valence-electron chi connectivity index (χ1n) is 9.92. The molecule has 1 aromatic heterocycles. The van der Waals surface area contributed by atoms with Crippen LogP contribution in [0.25, 0.3) is 11.3 Å². The third-order valence-electron chi connectivity index (χ3n) is 5.50. The highest BCUT2D eigenvalue weighted by atomic mass is 16.8. The van der Waals surface area contributed by atoms with E-state index in [4.69, 9.17) is 14.2 Å². The highest BCUT2D eigenvalue weighted by molar-refractivity contribution is 6.31. The lowest BCUT2D eigenvalue weighted by molar-refractivity contribution is -0.293. The van der Waals surface area contributed by atoms with E-state index < -0.39 is 17.8 Å². The third-order valence-corrected chi connectivity index (χ3v) is 5.50. The maximum absolute atomic E-state index is 11.7. The van der Waals surface area contributed by atoms with Gasteiger partial charge in [-0.25, -0.2) is 14.5 Å². The highest BCUT2D eigenvalue weighted by Crippen LogP contribution is 2.41. The van der Waals surface area contributed by atoms with Gasteiger partial charge in [-0.3, -0.25) is 5.10 Å². The molecule has 0 amide bonds. The molecule has 2 aliphatic heterocycles. The number of aromatic nitrogens is 2. The number of aromatic amines is 1. The molecule has 2 aromatic rings. The zero-order valence-electron chi connectivity index (χ0n) is 16.6. The lowest BCUT2D eigenvalue weighted by Gasteiger charge is -2.46. The Morgan fingerprint density at radius 3 is 2.55 bits per heavy atom. The number of benzene rings is 1. The van der Waals surface area contributed by atoms with Gasteiger partial charge in [0, 0.05) is 19.3 Å². The van der Waals surface area contributed by atoms with Crippen LogP contribution < -0.4 is 4.74 Å². The molecule has 154 valence electrons. The van der Waals surface area contributed by atoms with Crippen LogP contribution in [0.4, 0.5) is 0 Å². The number of carbonyl (C=O) groups excluding carboxylic acids is 2. The van der Waals surface area contributed by atoms with Crippen molar-refractivity contribution in [3.05, 3.63) is 36.5 Å². The smallest absolute Gasteiger partial charge is 0.421 e. The summed E-state index contributed by atoms with van der Waals surface area (Å²) in [5.74, 6) is -1.98. The molecule has 2 fully saturated rings. The molecule has 3 heterocycles. The molecule has 0 saturated carbocycles. The predicted molar refractivity (Wildman–Crippen MR) is 104 cm³/mol. The van der Waals surface area contributed by atoms with E-state index in [1.54, 1.807) is 6.20 Å². The minimum atomic E-state index is -1.27. The normalized spacial score (nSPS) is 23.8. The van der Waals surface area contributed by atoms with Crippen molar-refractivity contribution in [1.29, 1.82) is 0 Å². The second-order valence-electron chi connectivity index (χ2n) is 7.79. The van der Waals surface area contributed by atoms with Crippen molar-refractivity contribution in [2.24, 2.45) is 11.8 Å². The molecule has 2 saturated heterocycles. The molecule has 0 radical (unpaired) electrons. The standard InChI is InChI=1S/C21H25N3O5/c1-14-12-15(2)21(28-19(25)20(26)29-21)24(13-14)10-3-11-27-17-6-4-16(5-7-17)18-8-9-22-23-18/h4-9,14-15H,3,10-13H2,1-2H3,(H,22,23). The minimum absolute atomic E-state index is 0.0856. The molecule has 8 heteroatoms. The molecule has 8 nitrogen and oxygen atoms in total. The number of rotatable bonds is 6. The van der Waals surface area contributed by atoms with Crippen molar-refractivity contribution in [3.8, 4) is 17.0 Å². The summed E-state index contributed by atoms with van der Waals surface area (Å²) in [6.45, 7) is 5.89. The number of hydrogen-bond acceptors (Lipinski definition) is 7. The monoisotopic (exact) mass is 399 g/mol. The molecule has 0 aliphatic carbocycles. The third kappa shape index (κ3) is 3.85. The molecule has 1 N–H and O–H groups in total. The Morgan fingerprint density at radius 2 is 1.90 bits per heavy atom. The lowest BCUT2D eigenvalue weighted by Crippen LogP contribution is -2.60. The number of hydrogen-bond donors (Lipinski definition) is 1. The minimum Gasteiger partial charge on any atom is -0.494 e. The fraction of sp³-hybridized carbons (Fsp3) is 0.476. The number of H-pyrrole nitrogens is 1. The van der Waals surface area contributed by atoms with Crippen molar-refractivity contribution in [2.45, 2.75) is 32.6 Å². The lowest BCUT2D eigenvalue weighted by atomic mass is 9.88. The number of nitrogens with zero attached hydrogens (tertiary/aromatic N) is 2. The molecule has 4 rings (SSSR count). The van der Waals surface area contributed by atoms with Crippen LogP contribution in [0.1, 0.15) is 26.7 Å². The molecule has 1 aromatic carbocycles. The van der Waals surface area contributed by atoms with E-state index >= 15 is 0 Å². The van der Waals surface area contributed by atoms with Gasteiger partial charge in [0.25, 0.3) is 0 Å². The molecule has 2 unspecified atom stereocenters. The van der Waals surface area contributed by atoms with Crippen LogP contribution in [0.5, 0.6) is 5.75 Å². The second-order valence-corrected chi connectivity index (χ2v) is 7.79. The van der Waals surface area contributed by atoms with Gasteiger partial charge in [-0.05, 0) is 54.7 Å². The van der Waals surface area contributed by atoms with Crippen molar-refractivity contribution in [2.75, 3.05) is 19.7 Å². The molecular formula is C21H25N3O5. The highest BCUT2D eigenvalue weighted by Gasteiger charge is 2.58. The van der Waals surface area contributed by atoms with Crippen LogP contribution in [0.3, 0.4) is 0 Å². The summed E-state index contributed by atoms with van der Waals surface area (Å²) in [5, 5.41) is 6.88. The van der Waals surface area contributed by atoms with Crippen LogP contribution in [-0.2, 0) is 19.1 Å². The van der Waals surface area contributed by atoms with Crippen LogP contribution in [0.15, 0.2) is 36.5 Å². The predicted octanol–water partition coefficient (Wildman–Crippen LogP) is 2.58. The fourth-order valence-corrected chi connectivity index (χ4v) is 4.18. The van der Waals surface area contributed by atoms with Gasteiger partial charge >= 0.3 is 17.8 Å². The summed E-state index contributed by atoms with van der Waals surface area (Å²) < 4.78 is 16.7. The summed E-state index contributed by atoms with van der Waals surface area (Å²) >= 11 is 0. The van der Waals surface area contributed by atoms with Crippen molar-refractivity contribution in [3.63, 3.8) is 0 Å². The van der Waals surface area contributed by atoms with Crippen LogP contribution in [-0.4, -0.2) is 52.6 Å². The first-order valence-corrected chi connectivity index (χ1v) is 9.92. The quantitative estimate of drug-likeness (QED) is 0.453. The number of nitrogens with one attached hydrogen (secondary N) is 1. The Bertz CT molecular complexity index is 849. The molecule has 1 spiro atoms. The fourth-order valence-electron chi connectivity index (χ4n) is 4.18. The molecule has 2 aliphatic rings. The molecule has 0 bridgehead atoms. The van der Waals surface area contributed by atoms with Crippen LogP contribution in [0.2, 0.25) is 0 Å². The summed E-state index contributed by atoms with van der Waals surface area (Å²) in [5.41, 5.74) is 1.99. The Balaban J connectivity index is 1.33. The maximum Gasteiger partial charge on any atom is 0.421 e. The van der Waals surface area contributed by atoms with E-state index in [0.29, 0.717) is 32.0 Å². The molecule has 2 atom stereocenters. The van der Waals surface area contributed by atoms with Gasteiger partial charge in [0.2, 0.25) is 0 Å². The zero-order valence-corrected chi connectivity index (χ0v) is 16.6. The van der Waals surface area contributed by atoms with Gasteiger partial charge in [0.05, 0.1) is 18.2 Å². The van der Waals surface area contributed by atoms with Gasteiger partial charge in [-0.1, -0.05) is 13.8 Å². The van der Waals surface area contributed by atoms with E-state index in [2.05, 4.69) is 17.1 Å². The SMILES string of the molecule is CC1CC(C)C2(OC(=O)C(=O)O2)N(CCCOc2ccc(-c3ccn[nH]3)cc2)C1. The van der Waals surface area contributed by atoms with E-state index in [1.165, 1.54) is 0 Å². The van der Waals surface area contributed by atoms with Crippen molar-refractivity contribution >= 4 is 11.9 Å². The molecule has 29 heavy (non-hydrogen) atoms. The van der Waals surface area contributed by atoms with Crippen LogP contribution >= 0.6 is 0 Å². The summed E-state index contributed by atoms with van der Waals surface area (Å²) in [7, 11) is 0. The Morgan fingerprint density at radius 1 is 1.17 bits per heavy atom. The average Bonchev–Trinajstić information content (AvgIpc) is 3.33. The van der Waals surface area contributed by atoms with Gasteiger partial charge in [0.1, 0.15) is 5.75 Å². The van der Waals surface area contributed by atoms with E-state index in [0.717, 1.165) is 23.4 Å². The van der Waals surface area contributed by atoms with E-state index in [9.17, 15) is 9.59 Å². The first-order chi connectivity index (χ1) is 14.0. The van der Waals surface area contributed by atoms with Gasteiger partial charge in [-0.2, -0.15) is 5.10 Å². The van der Waals surface area contributed by atoms with E-state index in [1.807, 2.05) is 42.2 Å². The summed E-state index contributed by atoms with van der Waals surface area (Å²) in [4.78, 5) is 25.3. The first kappa shape index (κ1) is 19.4. The second kappa shape index (κ2) is 7.87. The summed E-state index contributed by atoms with van der Waals surface area (Å²) in [6.07, 6.45) is 3.25. The zero-order chi connectivity index (χ0) is 20.4. The Labute approximate surface area is 169 Å². The largest absolute Gasteiger partial charge is 0.494 e. The number of piperidine rings is 1. The maximum atomic E-state index is 11.7. The number of likely N-dealkylation sites (tertiary alicyclic amines) is 1. The number of esters is 2. The number of carbonyl (C=O) groups is 2. The van der Waals surface area contributed by atoms with Crippen molar-refractivity contribution in [1.82, 2.24) is 15.1 Å². The topological polar surface area (TPSA) is 93.8 Å². The Kier molecular flexibility index (Phi) is 5.27. The number of ether oxygens (including phenoxy) is 3. The van der Waals surface area contributed by atoms with Gasteiger partial charge in [-0.15, -0.1) is 0 Å². The van der Waals surface area contributed by atoms with Crippen molar-refractivity contribution < 1.29 is 23.8 Å². The van der Waals surface area contributed by atoms with Gasteiger partial charge in [0.15, 0.2) is 0 Å². The van der Waals surface area contributed by atoms with Gasteiger partial charge < -0.3 is 14.2 Å². The average molecular weight is 399 g/mol. The van der Waals surface area contributed by atoms with E-state index in [-0.39, 0.29) is 5.92 Å². The summed E-state index contributed by atoms with van der Waals surface area (Å²) in [6, 6.07) is 9.70. The van der Waals surface area contributed by atoms with Crippen LogP contribution in [0, 0.1) is 11.8 Å².